The summed E-state index contributed by atoms with van der Waals surface area (Å²) >= 11 is 8.97. The molecule has 104 valence electrons. The lowest BCUT2D eigenvalue weighted by atomic mass is 10.2. The number of anilines is 1. The van der Waals surface area contributed by atoms with Gasteiger partial charge in [0.15, 0.2) is 0 Å². The van der Waals surface area contributed by atoms with E-state index in [9.17, 15) is 15.2 Å². The summed E-state index contributed by atoms with van der Waals surface area (Å²) in [5.74, 6) is 0.142. The first kappa shape index (κ1) is 14.6. The number of nitrogens with zero attached hydrogens (tertiary/aromatic N) is 1. The summed E-state index contributed by atoms with van der Waals surface area (Å²) < 4.78 is 0.596. The van der Waals surface area contributed by atoms with E-state index in [4.69, 9.17) is 11.6 Å². The summed E-state index contributed by atoms with van der Waals surface area (Å²) in [6, 6.07) is 9.75. The van der Waals surface area contributed by atoms with Crippen LogP contribution in [-0.2, 0) is 6.54 Å². The molecule has 0 fully saturated rings. The van der Waals surface area contributed by atoms with E-state index in [0.29, 0.717) is 22.3 Å². The second-order valence-electron chi connectivity index (χ2n) is 4.02. The topological polar surface area (TPSA) is 75.4 Å². The summed E-state index contributed by atoms with van der Waals surface area (Å²) in [4.78, 5) is 10.3. The predicted octanol–water partition coefficient (Wildman–Crippen LogP) is 4.33. The van der Waals surface area contributed by atoms with Crippen molar-refractivity contribution in [3.8, 4) is 5.75 Å². The Morgan fingerprint density at radius 1 is 1.35 bits per heavy atom. The molecular weight excluding hydrogens is 348 g/mol. The molecule has 0 radical (unpaired) electrons. The lowest BCUT2D eigenvalue weighted by Crippen LogP contribution is -2.00. The van der Waals surface area contributed by atoms with Crippen LogP contribution in [0.2, 0.25) is 5.02 Å². The largest absolute Gasteiger partial charge is 0.506 e. The third-order valence-corrected chi connectivity index (χ3v) is 3.66. The summed E-state index contributed by atoms with van der Waals surface area (Å²) in [6.07, 6.45) is 0. The van der Waals surface area contributed by atoms with Crippen molar-refractivity contribution >= 4 is 38.9 Å². The minimum atomic E-state index is -0.538. The molecule has 0 aliphatic heterocycles. The van der Waals surface area contributed by atoms with Crippen LogP contribution in [0.15, 0.2) is 40.9 Å². The van der Waals surface area contributed by atoms with Crippen LogP contribution >= 0.6 is 27.5 Å². The van der Waals surface area contributed by atoms with Crippen LogP contribution in [0.3, 0.4) is 0 Å². The lowest BCUT2D eigenvalue weighted by molar-refractivity contribution is -0.384. The van der Waals surface area contributed by atoms with E-state index in [2.05, 4.69) is 21.2 Å². The fourth-order valence-corrected chi connectivity index (χ4v) is 2.26. The molecule has 0 aliphatic carbocycles. The Balaban J connectivity index is 2.17. The Kier molecular flexibility index (Phi) is 4.46. The van der Waals surface area contributed by atoms with Gasteiger partial charge in [-0.2, -0.15) is 0 Å². The van der Waals surface area contributed by atoms with Crippen molar-refractivity contribution in [1.29, 1.82) is 0 Å². The molecule has 0 spiro atoms. The molecule has 0 heterocycles. The summed E-state index contributed by atoms with van der Waals surface area (Å²) in [5, 5.41) is 23.7. The van der Waals surface area contributed by atoms with Gasteiger partial charge in [-0.15, -0.1) is 0 Å². The third-order valence-electron chi connectivity index (χ3n) is 2.70. The number of benzene rings is 2. The number of hydrogen-bond donors (Lipinski definition) is 2. The summed E-state index contributed by atoms with van der Waals surface area (Å²) in [5.41, 5.74) is 1.08. The molecule has 0 bridgehead atoms. The van der Waals surface area contributed by atoms with Gasteiger partial charge >= 0.3 is 0 Å². The van der Waals surface area contributed by atoms with Crippen LogP contribution in [0.25, 0.3) is 0 Å². The predicted molar refractivity (Wildman–Crippen MR) is 81.2 cm³/mol. The van der Waals surface area contributed by atoms with Crippen molar-refractivity contribution in [3.63, 3.8) is 0 Å². The molecule has 0 aliphatic rings. The first-order chi connectivity index (χ1) is 9.49. The molecule has 7 heteroatoms. The van der Waals surface area contributed by atoms with E-state index < -0.39 is 4.92 Å². The van der Waals surface area contributed by atoms with E-state index in [1.54, 1.807) is 24.3 Å². The van der Waals surface area contributed by atoms with Gasteiger partial charge in [-0.05, 0) is 34.1 Å². The number of nitrogens with one attached hydrogen (secondary N) is 1. The molecular formula is C13H10BrClN2O3. The highest BCUT2D eigenvalue weighted by molar-refractivity contribution is 9.10. The molecule has 5 nitrogen and oxygen atoms in total. The van der Waals surface area contributed by atoms with Crippen LogP contribution in [0.5, 0.6) is 5.75 Å². The minimum absolute atomic E-state index is 0.0888. The molecule has 20 heavy (non-hydrogen) atoms. The highest BCUT2D eigenvalue weighted by Gasteiger charge is 2.13. The van der Waals surface area contributed by atoms with E-state index >= 15 is 0 Å². The Hall–Kier alpha value is -1.79. The monoisotopic (exact) mass is 356 g/mol. The number of phenolic OH excluding ortho intramolecular Hbond substituents is 1. The Labute approximate surface area is 128 Å². The highest BCUT2D eigenvalue weighted by atomic mass is 79.9. The van der Waals surface area contributed by atoms with Gasteiger partial charge < -0.3 is 10.4 Å². The molecule has 0 saturated carbocycles. The molecule has 0 saturated heterocycles. The van der Waals surface area contributed by atoms with Crippen molar-refractivity contribution in [2.45, 2.75) is 6.54 Å². The van der Waals surface area contributed by atoms with Crippen LogP contribution in [0.1, 0.15) is 5.56 Å². The SMILES string of the molecule is O=[N+]([O-])c1cc(NCc2cccc(Br)c2O)ccc1Cl. The van der Waals surface area contributed by atoms with Crippen molar-refractivity contribution in [1.82, 2.24) is 0 Å². The zero-order chi connectivity index (χ0) is 14.7. The molecule has 0 amide bonds. The summed E-state index contributed by atoms with van der Waals surface area (Å²) in [7, 11) is 0. The standard InChI is InChI=1S/C13H10BrClN2O3/c14-10-3-1-2-8(13(10)18)7-16-9-4-5-11(15)12(6-9)17(19)20/h1-6,16,18H,7H2. The molecule has 2 N–H and O–H groups in total. The van der Waals surface area contributed by atoms with Crippen LogP contribution in [0, 0.1) is 10.1 Å². The number of halogens is 2. The van der Waals surface area contributed by atoms with Gasteiger partial charge in [0.25, 0.3) is 5.69 Å². The van der Waals surface area contributed by atoms with Gasteiger partial charge in [0, 0.05) is 23.9 Å². The lowest BCUT2D eigenvalue weighted by Gasteiger charge is -2.09. The van der Waals surface area contributed by atoms with Gasteiger partial charge in [0.1, 0.15) is 10.8 Å². The van der Waals surface area contributed by atoms with Crippen LogP contribution in [0.4, 0.5) is 11.4 Å². The number of nitro groups is 1. The maximum atomic E-state index is 10.8. The maximum Gasteiger partial charge on any atom is 0.289 e. The average Bonchev–Trinajstić information content (AvgIpc) is 2.41. The maximum absolute atomic E-state index is 10.8. The van der Waals surface area contributed by atoms with E-state index in [0.717, 1.165) is 0 Å². The number of aromatic hydroxyl groups is 1. The summed E-state index contributed by atoms with van der Waals surface area (Å²) in [6.45, 7) is 0.337. The second kappa shape index (κ2) is 6.11. The molecule has 2 rings (SSSR count). The number of para-hydroxylation sites is 1. The number of nitro benzene ring substituents is 1. The van der Waals surface area contributed by atoms with E-state index in [1.807, 2.05) is 0 Å². The molecule has 0 unspecified atom stereocenters. The van der Waals surface area contributed by atoms with Crippen molar-refractivity contribution in [3.05, 3.63) is 61.6 Å². The van der Waals surface area contributed by atoms with E-state index in [1.165, 1.54) is 12.1 Å². The second-order valence-corrected chi connectivity index (χ2v) is 5.29. The molecule has 2 aromatic rings. The van der Waals surface area contributed by atoms with Crippen LogP contribution in [-0.4, -0.2) is 10.0 Å². The Morgan fingerprint density at radius 2 is 2.10 bits per heavy atom. The number of phenols is 1. The van der Waals surface area contributed by atoms with Crippen molar-refractivity contribution < 1.29 is 10.0 Å². The molecule has 0 aromatic heterocycles. The van der Waals surface area contributed by atoms with Gasteiger partial charge in [-0.3, -0.25) is 10.1 Å². The fourth-order valence-electron chi connectivity index (χ4n) is 1.66. The zero-order valence-corrected chi connectivity index (χ0v) is 12.5. The van der Waals surface area contributed by atoms with Crippen LogP contribution < -0.4 is 5.32 Å². The van der Waals surface area contributed by atoms with Gasteiger partial charge in [-0.25, -0.2) is 0 Å². The molecule has 0 atom stereocenters. The normalized spacial score (nSPS) is 10.3. The highest BCUT2D eigenvalue weighted by Crippen LogP contribution is 2.30. The first-order valence-corrected chi connectivity index (χ1v) is 6.80. The first-order valence-electron chi connectivity index (χ1n) is 5.63. The van der Waals surface area contributed by atoms with Crippen molar-refractivity contribution in [2.24, 2.45) is 0 Å². The quantitative estimate of drug-likeness (QED) is 0.631. The van der Waals surface area contributed by atoms with Gasteiger partial charge in [0.2, 0.25) is 0 Å². The van der Waals surface area contributed by atoms with Crippen molar-refractivity contribution in [2.75, 3.05) is 5.32 Å². The smallest absolute Gasteiger partial charge is 0.289 e. The Morgan fingerprint density at radius 3 is 2.80 bits per heavy atom. The van der Waals surface area contributed by atoms with Gasteiger partial charge in [-0.1, -0.05) is 23.7 Å². The number of rotatable bonds is 4. The van der Waals surface area contributed by atoms with Gasteiger partial charge in [0.05, 0.1) is 9.40 Å². The molecule has 2 aromatic carbocycles. The number of hydrogen-bond acceptors (Lipinski definition) is 4. The Bertz CT molecular complexity index is 664. The van der Waals surface area contributed by atoms with E-state index in [-0.39, 0.29) is 16.5 Å². The third kappa shape index (κ3) is 3.20. The zero-order valence-electron chi connectivity index (χ0n) is 10.1. The average molecular weight is 358 g/mol. The minimum Gasteiger partial charge on any atom is -0.506 e. The fraction of sp³-hybridized carbons (Fsp3) is 0.0769.